The van der Waals surface area contributed by atoms with Crippen LogP contribution < -0.4 is 5.32 Å². The number of thiazole rings is 1. The first-order valence-corrected chi connectivity index (χ1v) is 6.87. The molecule has 0 aliphatic carbocycles. The van der Waals surface area contributed by atoms with E-state index < -0.39 is 5.60 Å². The van der Waals surface area contributed by atoms with Crippen molar-refractivity contribution >= 4 is 11.3 Å². The van der Waals surface area contributed by atoms with E-state index in [0.717, 1.165) is 19.4 Å². The van der Waals surface area contributed by atoms with Crippen LogP contribution in [0.3, 0.4) is 0 Å². The first kappa shape index (κ1) is 12.0. The fourth-order valence-corrected chi connectivity index (χ4v) is 3.18. The number of hydrogen-bond acceptors (Lipinski definition) is 4. The Morgan fingerprint density at radius 1 is 1.62 bits per heavy atom. The van der Waals surface area contributed by atoms with Crippen molar-refractivity contribution in [3.05, 3.63) is 16.6 Å². The second-order valence-electron chi connectivity index (χ2n) is 4.99. The summed E-state index contributed by atoms with van der Waals surface area (Å²) in [5, 5.41) is 13.9. The van der Waals surface area contributed by atoms with Gasteiger partial charge in [-0.1, -0.05) is 6.42 Å². The van der Waals surface area contributed by atoms with Crippen molar-refractivity contribution in [2.45, 2.75) is 50.7 Å². The smallest absolute Gasteiger partial charge is 0.0794 e. The molecule has 2 rings (SSSR count). The number of nitrogens with zero attached hydrogens (tertiary/aromatic N) is 1. The highest BCUT2D eigenvalue weighted by molar-refractivity contribution is 7.09. The monoisotopic (exact) mass is 240 g/mol. The molecule has 1 aromatic heterocycles. The largest absolute Gasteiger partial charge is 0.390 e. The van der Waals surface area contributed by atoms with E-state index in [9.17, 15) is 5.11 Å². The van der Waals surface area contributed by atoms with E-state index in [1.165, 1.54) is 24.1 Å². The summed E-state index contributed by atoms with van der Waals surface area (Å²) in [6.07, 6.45) is 7.16. The van der Waals surface area contributed by atoms with Gasteiger partial charge in [0.25, 0.3) is 0 Å². The fourth-order valence-electron chi connectivity index (χ4n) is 2.41. The third kappa shape index (κ3) is 3.54. The highest BCUT2D eigenvalue weighted by Gasteiger charge is 2.27. The molecule has 0 amide bonds. The van der Waals surface area contributed by atoms with Crippen LogP contribution >= 0.6 is 11.3 Å². The van der Waals surface area contributed by atoms with E-state index >= 15 is 0 Å². The Morgan fingerprint density at radius 3 is 3.12 bits per heavy atom. The van der Waals surface area contributed by atoms with Crippen molar-refractivity contribution in [3.63, 3.8) is 0 Å². The lowest BCUT2D eigenvalue weighted by Gasteiger charge is -2.31. The molecular formula is C12H20N2OS. The maximum atomic E-state index is 10.4. The number of aromatic nitrogens is 1. The molecule has 0 aromatic carbocycles. The zero-order chi connectivity index (χ0) is 11.4. The molecule has 0 saturated carbocycles. The van der Waals surface area contributed by atoms with Crippen molar-refractivity contribution in [2.24, 2.45) is 0 Å². The topological polar surface area (TPSA) is 45.2 Å². The normalized spacial score (nSPS) is 25.2. The van der Waals surface area contributed by atoms with Gasteiger partial charge in [0.05, 0.1) is 11.1 Å². The quantitative estimate of drug-likeness (QED) is 0.846. The molecule has 0 radical (unpaired) electrons. The van der Waals surface area contributed by atoms with Gasteiger partial charge in [0.15, 0.2) is 0 Å². The molecule has 1 aliphatic heterocycles. The number of aliphatic hydroxyl groups is 1. The Bertz CT molecular complexity index is 305. The Hall–Kier alpha value is -0.450. The lowest BCUT2D eigenvalue weighted by Crippen LogP contribution is -2.41. The average Bonchev–Trinajstić information content (AvgIpc) is 2.70. The molecule has 0 spiro atoms. The zero-order valence-electron chi connectivity index (χ0n) is 9.78. The van der Waals surface area contributed by atoms with E-state index in [1.807, 2.05) is 18.6 Å². The van der Waals surface area contributed by atoms with Crippen molar-refractivity contribution in [1.82, 2.24) is 10.3 Å². The molecule has 1 fully saturated rings. The van der Waals surface area contributed by atoms with Gasteiger partial charge in [-0.2, -0.15) is 0 Å². The minimum atomic E-state index is -0.610. The van der Waals surface area contributed by atoms with Gasteiger partial charge >= 0.3 is 0 Å². The Labute approximate surface area is 101 Å². The van der Waals surface area contributed by atoms with Crippen LogP contribution in [-0.2, 0) is 6.42 Å². The van der Waals surface area contributed by atoms with E-state index in [2.05, 4.69) is 10.3 Å². The standard InChI is InChI=1S/C12H20N2OS/c1-12(15,7-11-8-13-9-16-11)6-10-4-2-3-5-14-10/h8-10,14-15H,2-7H2,1H3. The minimum Gasteiger partial charge on any atom is -0.390 e. The van der Waals surface area contributed by atoms with Gasteiger partial charge in [0.1, 0.15) is 0 Å². The summed E-state index contributed by atoms with van der Waals surface area (Å²) in [5.74, 6) is 0. The van der Waals surface area contributed by atoms with Crippen LogP contribution in [0.1, 0.15) is 37.5 Å². The maximum absolute atomic E-state index is 10.4. The van der Waals surface area contributed by atoms with Crippen LogP contribution in [0, 0.1) is 0 Å². The van der Waals surface area contributed by atoms with Crippen LogP contribution in [0.15, 0.2) is 11.7 Å². The molecule has 1 aliphatic rings. The molecule has 4 heteroatoms. The Balaban J connectivity index is 1.86. The molecule has 2 N–H and O–H groups in total. The van der Waals surface area contributed by atoms with E-state index in [4.69, 9.17) is 0 Å². The maximum Gasteiger partial charge on any atom is 0.0794 e. The summed E-state index contributed by atoms with van der Waals surface area (Å²) in [4.78, 5) is 5.21. The second-order valence-corrected chi connectivity index (χ2v) is 5.96. The van der Waals surface area contributed by atoms with Crippen molar-refractivity contribution in [2.75, 3.05) is 6.54 Å². The van der Waals surface area contributed by atoms with Gasteiger partial charge in [-0.3, -0.25) is 4.98 Å². The number of rotatable bonds is 4. The molecular weight excluding hydrogens is 220 g/mol. The SMILES string of the molecule is CC(O)(Cc1cncs1)CC1CCCCN1. The van der Waals surface area contributed by atoms with Gasteiger partial charge in [0.2, 0.25) is 0 Å². The van der Waals surface area contributed by atoms with Crippen LogP contribution in [0.25, 0.3) is 0 Å². The van der Waals surface area contributed by atoms with Gasteiger partial charge in [-0.15, -0.1) is 11.3 Å². The first-order chi connectivity index (χ1) is 7.66. The lowest BCUT2D eigenvalue weighted by molar-refractivity contribution is 0.0378. The summed E-state index contributed by atoms with van der Waals surface area (Å²) in [5.41, 5.74) is 1.21. The molecule has 90 valence electrons. The summed E-state index contributed by atoms with van der Waals surface area (Å²) >= 11 is 1.62. The van der Waals surface area contributed by atoms with Gasteiger partial charge < -0.3 is 10.4 Å². The summed E-state index contributed by atoms with van der Waals surface area (Å²) in [6.45, 7) is 3.03. The molecule has 3 nitrogen and oxygen atoms in total. The molecule has 16 heavy (non-hydrogen) atoms. The van der Waals surface area contributed by atoms with Crippen molar-refractivity contribution < 1.29 is 5.11 Å². The Kier molecular flexibility index (Phi) is 3.95. The number of piperidine rings is 1. The minimum absolute atomic E-state index is 0.483. The van der Waals surface area contributed by atoms with Crippen LogP contribution in [0.5, 0.6) is 0 Å². The van der Waals surface area contributed by atoms with Gasteiger partial charge in [0, 0.05) is 23.5 Å². The average molecular weight is 240 g/mol. The highest BCUT2D eigenvalue weighted by Crippen LogP contribution is 2.23. The van der Waals surface area contributed by atoms with Gasteiger partial charge in [-0.05, 0) is 32.7 Å². The Morgan fingerprint density at radius 2 is 2.50 bits per heavy atom. The van der Waals surface area contributed by atoms with Crippen LogP contribution in [0.4, 0.5) is 0 Å². The number of hydrogen-bond donors (Lipinski definition) is 2. The third-order valence-electron chi connectivity index (χ3n) is 3.14. The lowest BCUT2D eigenvalue weighted by atomic mass is 9.89. The van der Waals surface area contributed by atoms with Crippen molar-refractivity contribution in [3.8, 4) is 0 Å². The van der Waals surface area contributed by atoms with Crippen molar-refractivity contribution in [1.29, 1.82) is 0 Å². The molecule has 1 saturated heterocycles. The van der Waals surface area contributed by atoms with E-state index in [0.29, 0.717) is 6.04 Å². The zero-order valence-corrected chi connectivity index (χ0v) is 10.6. The first-order valence-electron chi connectivity index (χ1n) is 5.99. The molecule has 0 bridgehead atoms. The second kappa shape index (κ2) is 5.25. The molecule has 2 unspecified atom stereocenters. The third-order valence-corrected chi connectivity index (χ3v) is 3.92. The fraction of sp³-hybridized carbons (Fsp3) is 0.750. The summed E-state index contributed by atoms with van der Waals surface area (Å²) in [7, 11) is 0. The van der Waals surface area contributed by atoms with Crippen LogP contribution in [0.2, 0.25) is 0 Å². The van der Waals surface area contributed by atoms with E-state index in [1.54, 1.807) is 11.3 Å². The van der Waals surface area contributed by atoms with Gasteiger partial charge in [-0.25, -0.2) is 0 Å². The molecule has 2 heterocycles. The molecule has 1 aromatic rings. The summed E-state index contributed by atoms with van der Waals surface area (Å²) in [6, 6.07) is 0.483. The highest BCUT2D eigenvalue weighted by atomic mass is 32.1. The predicted octanol–water partition coefficient (Wildman–Crippen LogP) is 1.97. The van der Waals surface area contributed by atoms with E-state index in [-0.39, 0.29) is 0 Å². The van der Waals surface area contributed by atoms with Crippen LogP contribution in [-0.4, -0.2) is 28.3 Å². The molecule has 2 atom stereocenters. The predicted molar refractivity (Wildman–Crippen MR) is 66.7 cm³/mol. The number of nitrogens with one attached hydrogen (secondary N) is 1. The summed E-state index contributed by atoms with van der Waals surface area (Å²) < 4.78 is 0.